The SMILES string of the molecule is CC(=O)Nc1cccc(NCC(=O)Nc2cc(C)on2)c1C. The monoisotopic (exact) mass is 302 g/mol. The summed E-state index contributed by atoms with van der Waals surface area (Å²) in [7, 11) is 0. The second kappa shape index (κ2) is 6.75. The van der Waals surface area contributed by atoms with E-state index in [4.69, 9.17) is 4.52 Å². The molecule has 0 spiro atoms. The summed E-state index contributed by atoms with van der Waals surface area (Å²) in [5.74, 6) is 0.632. The summed E-state index contributed by atoms with van der Waals surface area (Å²) in [6, 6.07) is 7.09. The largest absolute Gasteiger partial charge is 0.376 e. The van der Waals surface area contributed by atoms with Crippen LogP contribution in [0, 0.1) is 13.8 Å². The Morgan fingerprint density at radius 3 is 2.55 bits per heavy atom. The summed E-state index contributed by atoms with van der Waals surface area (Å²) in [6.07, 6.45) is 0. The van der Waals surface area contributed by atoms with E-state index in [0.717, 1.165) is 11.3 Å². The molecule has 0 saturated carbocycles. The molecule has 0 fully saturated rings. The molecule has 0 atom stereocenters. The predicted octanol–water partition coefficient (Wildman–Crippen LogP) is 2.30. The second-order valence-corrected chi connectivity index (χ2v) is 4.88. The third-order valence-corrected chi connectivity index (χ3v) is 2.98. The predicted molar refractivity (Wildman–Crippen MR) is 83.8 cm³/mol. The minimum atomic E-state index is -0.238. The maximum atomic E-state index is 11.8. The van der Waals surface area contributed by atoms with Gasteiger partial charge in [0.05, 0.1) is 6.54 Å². The van der Waals surface area contributed by atoms with Crippen LogP contribution in [0.5, 0.6) is 0 Å². The van der Waals surface area contributed by atoms with Gasteiger partial charge in [-0.25, -0.2) is 0 Å². The first-order valence-electron chi connectivity index (χ1n) is 6.80. The molecule has 2 amide bonds. The minimum absolute atomic E-state index is 0.0796. The lowest BCUT2D eigenvalue weighted by Crippen LogP contribution is -2.22. The van der Waals surface area contributed by atoms with Crippen molar-refractivity contribution in [2.75, 3.05) is 22.5 Å². The van der Waals surface area contributed by atoms with Gasteiger partial charge in [-0.1, -0.05) is 11.2 Å². The van der Waals surface area contributed by atoms with Crippen LogP contribution < -0.4 is 16.0 Å². The van der Waals surface area contributed by atoms with Crippen molar-refractivity contribution < 1.29 is 14.1 Å². The van der Waals surface area contributed by atoms with Crippen molar-refractivity contribution in [2.45, 2.75) is 20.8 Å². The van der Waals surface area contributed by atoms with E-state index in [9.17, 15) is 9.59 Å². The van der Waals surface area contributed by atoms with Crippen molar-refractivity contribution in [3.05, 3.63) is 35.6 Å². The Bertz CT molecular complexity index is 694. The van der Waals surface area contributed by atoms with Crippen LogP contribution in [0.2, 0.25) is 0 Å². The highest BCUT2D eigenvalue weighted by Crippen LogP contribution is 2.23. The Morgan fingerprint density at radius 2 is 1.91 bits per heavy atom. The van der Waals surface area contributed by atoms with Crippen molar-refractivity contribution in [3.63, 3.8) is 0 Å². The number of carbonyl (C=O) groups is 2. The Morgan fingerprint density at radius 1 is 1.18 bits per heavy atom. The van der Waals surface area contributed by atoms with Crippen LogP contribution in [0.1, 0.15) is 18.2 Å². The van der Waals surface area contributed by atoms with Crippen LogP contribution in [0.3, 0.4) is 0 Å². The highest BCUT2D eigenvalue weighted by molar-refractivity contribution is 5.94. The highest BCUT2D eigenvalue weighted by Gasteiger charge is 2.08. The summed E-state index contributed by atoms with van der Waals surface area (Å²) >= 11 is 0. The molecule has 0 aliphatic heterocycles. The average molecular weight is 302 g/mol. The number of hydrogen-bond donors (Lipinski definition) is 3. The molecule has 7 heteroatoms. The van der Waals surface area contributed by atoms with Gasteiger partial charge < -0.3 is 20.5 Å². The van der Waals surface area contributed by atoms with Crippen LogP contribution in [0.15, 0.2) is 28.8 Å². The lowest BCUT2D eigenvalue weighted by molar-refractivity contribution is -0.115. The molecule has 3 N–H and O–H groups in total. The lowest BCUT2D eigenvalue weighted by Gasteiger charge is -2.13. The zero-order chi connectivity index (χ0) is 16.1. The van der Waals surface area contributed by atoms with Gasteiger partial charge in [0.2, 0.25) is 11.8 Å². The molecule has 0 aliphatic carbocycles. The van der Waals surface area contributed by atoms with Gasteiger partial charge in [-0.15, -0.1) is 0 Å². The standard InChI is InChI=1S/C15H18N4O3/c1-9-7-14(19-22-9)18-15(21)8-16-12-5-4-6-13(10(12)2)17-11(3)20/h4-7,16H,8H2,1-3H3,(H,17,20)(H,18,19,21). The molecule has 22 heavy (non-hydrogen) atoms. The molecule has 2 rings (SSSR count). The Hall–Kier alpha value is -2.83. The van der Waals surface area contributed by atoms with Gasteiger partial charge in [-0.3, -0.25) is 9.59 Å². The van der Waals surface area contributed by atoms with Crippen molar-refractivity contribution >= 4 is 29.0 Å². The van der Waals surface area contributed by atoms with Gasteiger partial charge in [-0.05, 0) is 31.5 Å². The number of carbonyl (C=O) groups excluding carboxylic acids is 2. The molecule has 0 aliphatic rings. The van der Waals surface area contributed by atoms with Crippen LogP contribution in [0.4, 0.5) is 17.2 Å². The van der Waals surface area contributed by atoms with Gasteiger partial charge in [-0.2, -0.15) is 0 Å². The van der Waals surface area contributed by atoms with Crippen molar-refractivity contribution in [3.8, 4) is 0 Å². The number of nitrogens with one attached hydrogen (secondary N) is 3. The molecule has 116 valence electrons. The van der Waals surface area contributed by atoms with E-state index in [2.05, 4.69) is 21.1 Å². The zero-order valence-corrected chi connectivity index (χ0v) is 12.7. The average Bonchev–Trinajstić information content (AvgIpc) is 2.84. The van der Waals surface area contributed by atoms with Crippen molar-refractivity contribution in [1.29, 1.82) is 0 Å². The number of anilines is 3. The number of aryl methyl sites for hydroxylation is 1. The first-order valence-corrected chi connectivity index (χ1v) is 6.80. The van der Waals surface area contributed by atoms with Gasteiger partial charge >= 0.3 is 0 Å². The summed E-state index contributed by atoms with van der Waals surface area (Å²) in [5.41, 5.74) is 2.35. The molecule has 0 bridgehead atoms. The number of hydrogen-bond acceptors (Lipinski definition) is 5. The quantitative estimate of drug-likeness (QED) is 0.787. The van der Waals surface area contributed by atoms with Gasteiger partial charge in [0.15, 0.2) is 5.82 Å². The normalized spacial score (nSPS) is 10.1. The summed E-state index contributed by atoms with van der Waals surface area (Å²) in [4.78, 5) is 23.0. The Labute approximate surface area is 128 Å². The molecule has 0 saturated heterocycles. The fourth-order valence-electron chi connectivity index (χ4n) is 1.94. The van der Waals surface area contributed by atoms with Crippen LogP contribution in [0.25, 0.3) is 0 Å². The number of aromatic nitrogens is 1. The topological polar surface area (TPSA) is 96.3 Å². The molecule has 1 aromatic carbocycles. The molecule has 1 aromatic heterocycles. The molecular weight excluding hydrogens is 284 g/mol. The van der Waals surface area contributed by atoms with E-state index in [0.29, 0.717) is 17.3 Å². The maximum Gasteiger partial charge on any atom is 0.244 e. The van der Waals surface area contributed by atoms with Crippen molar-refractivity contribution in [1.82, 2.24) is 5.16 Å². The second-order valence-electron chi connectivity index (χ2n) is 4.88. The lowest BCUT2D eigenvalue weighted by atomic mass is 10.1. The first kappa shape index (κ1) is 15.6. The van der Waals surface area contributed by atoms with Gasteiger partial charge in [0.1, 0.15) is 5.76 Å². The van der Waals surface area contributed by atoms with Crippen LogP contribution >= 0.6 is 0 Å². The summed E-state index contributed by atoms with van der Waals surface area (Å²) in [6.45, 7) is 5.15. The third-order valence-electron chi connectivity index (χ3n) is 2.98. The van der Waals surface area contributed by atoms with E-state index in [1.165, 1.54) is 6.92 Å². The van der Waals surface area contributed by atoms with E-state index in [1.54, 1.807) is 25.1 Å². The van der Waals surface area contributed by atoms with E-state index >= 15 is 0 Å². The molecular formula is C15H18N4O3. The third kappa shape index (κ3) is 4.08. The number of benzene rings is 1. The van der Waals surface area contributed by atoms with E-state index in [-0.39, 0.29) is 18.4 Å². The number of amides is 2. The first-order chi connectivity index (χ1) is 10.5. The molecule has 7 nitrogen and oxygen atoms in total. The fraction of sp³-hybridized carbons (Fsp3) is 0.267. The highest BCUT2D eigenvalue weighted by atomic mass is 16.5. The summed E-state index contributed by atoms with van der Waals surface area (Å²) in [5, 5.41) is 12.1. The summed E-state index contributed by atoms with van der Waals surface area (Å²) < 4.78 is 4.87. The number of nitrogens with zero attached hydrogens (tertiary/aromatic N) is 1. The fourth-order valence-corrected chi connectivity index (χ4v) is 1.94. The van der Waals surface area contributed by atoms with E-state index < -0.39 is 0 Å². The maximum absolute atomic E-state index is 11.8. The zero-order valence-electron chi connectivity index (χ0n) is 12.7. The molecule has 1 heterocycles. The molecule has 0 unspecified atom stereocenters. The molecule has 0 radical (unpaired) electrons. The van der Waals surface area contributed by atoms with E-state index in [1.807, 2.05) is 13.0 Å². The van der Waals surface area contributed by atoms with Crippen molar-refractivity contribution in [2.24, 2.45) is 0 Å². The van der Waals surface area contributed by atoms with Crippen LogP contribution in [-0.4, -0.2) is 23.5 Å². The molecule has 2 aromatic rings. The number of rotatable bonds is 5. The van der Waals surface area contributed by atoms with Gasteiger partial charge in [0.25, 0.3) is 0 Å². The van der Waals surface area contributed by atoms with Crippen LogP contribution in [-0.2, 0) is 9.59 Å². The van der Waals surface area contributed by atoms with Gasteiger partial charge in [0, 0.05) is 24.4 Å². The Kier molecular flexibility index (Phi) is 4.77. The minimum Gasteiger partial charge on any atom is -0.376 e. The Balaban J connectivity index is 1.96. The smallest absolute Gasteiger partial charge is 0.244 e.